The van der Waals surface area contributed by atoms with Crippen molar-refractivity contribution in [1.29, 1.82) is 0 Å². The van der Waals surface area contributed by atoms with Gasteiger partial charge in [-0.15, -0.1) is 5.06 Å². The van der Waals surface area contributed by atoms with Crippen molar-refractivity contribution < 1.29 is 85.2 Å². The first-order chi connectivity index (χ1) is 37.1. The topological polar surface area (TPSA) is 306 Å². The molecule has 3 aliphatic rings. The highest BCUT2D eigenvalue weighted by Gasteiger charge is 2.49. The third-order valence-corrected chi connectivity index (χ3v) is 17.9. The first-order valence-corrected chi connectivity index (χ1v) is 30.9. The van der Waals surface area contributed by atoms with E-state index in [1.54, 1.807) is 60.7 Å². The summed E-state index contributed by atoms with van der Waals surface area (Å²) in [6.45, 7) is 4.23. The Morgan fingerprint density at radius 3 is 1.75 bits per heavy atom. The lowest BCUT2D eigenvalue weighted by molar-refractivity contribution is -0.437. The number of allylic oxidation sites excluding steroid dienone is 6. The molecule has 5 aromatic carbocycles. The monoisotopic (exact) mass is 1160 g/mol. The van der Waals surface area contributed by atoms with Crippen molar-refractivity contribution in [2.45, 2.75) is 73.0 Å². The molecule has 21 nitrogen and oxygen atoms in total. The number of hydroxylamine groups is 2. The molecule has 1 fully saturated rings. The number of ether oxygens (including phenoxy) is 2. The van der Waals surface area contributed by atoms with Crippen LogP contribution in [-0.4, -0.2) is 137 Å². The number of hydrogen-bond acceptors (Lipinski definition) is 15. The molecule has 0 radical (unpaired) electrons. The average Bonchev–Trinajstić information content (AvgIpc) is 4.08. The van der Waals surface area contributed by atoms with Crippen molar-refractivity contribution in [2.75, 3.05) is 56.9 Å². The molecular weight excluding hydrogens is 1110 g/mol. The fourth-order valence-electron chi connectivity index (χ4n) is 10.8. The Labute approximate surface area is 457 Å². The molecule has 0 bridgehead atoms. The van der Waals surface area contributed by atoms with Crippen molar-refractivity contribution in [2.24, 2.45) is 0 Å². The maximum Gasteiger partial charge on any atom is 0.363 e. The molecule has 2 unspecified atom stereocenters. The van der Waals surface area contributed by atoms with E-state index in [9.17, 15) is 66.3 Å². The summed E-state index contributed by atoms with van der Waals surface area (Å²) in [6, 6.07) is 21.6. The van der Waals surface area contributed by atoms with Gasteiger partial charge < -0.3 is 19.2 Å². The number of benzene rings is 5. The highest BCUT2D eigenvalue weighted by Crippen LogP contribution is 2.53. The summed E-state index contributed by atoms with van der Waals surface area (Å²) in [5, 5.41) is 2.61. The van der Waals surface area contributed by atoms with Crippen LogP contribution in [0.3, 0.4) is 0 Å². The number of amides is 2. The molecular formula is C54H58N3O18S4+. The summed E-state index contributed by atoms with van der Waals surface area (Å²) in [7, 11) is -15.2. The second kappa shape index (κ2) is 22.6. The van der Waals surface area contributed by atoms with E-state index in [1.807, 2.05) is 35.5 Å². The highest BCUT2D eigenvalue weighted by atomic mass is 32.2. The third-order valence-electron chi connectivity index (χ3n) is 14.6. The number of fused-ring (bicyclic) bond motifs is 6. The number of methoxy groups -OCH3 is 2. The van der Waals surface area contributed by atoms with Crippen molar-refractivity contribution in [3.8, 4) is 0 Å². The van der Waals surface area contributed by atoms with Crippen LogP contribution in [0.2, 0.25) is 0 Å². The zero-order valence-corrected chi connectivity index (χ0v) is 46.6. The quantitative estimate of drug-likeness (QED) is 0.0235. The Kier molecular flexibility index (Phi) is 16.7. The van der Waals surface area contributed by atoms with Gasteiger partial charge in [-0.1, -0.05) is 36.4 Å². The minimum Gasteiger partial charge on any atom is -0.385 e. The summed E-state index contributed by atoms with van der Waals surface area (Å²) in [6.07, 6.45) is 7.29. The predicted molar refractivity (Wildman–Crippen MR) is 293 cm³/mol. The average molecular weight is 1170 g/mol. The lowest BCUT2D eigenvalue weighted by Crippen LogP contribution is -2.33. The summed E-state index contributed by atoms with van der Waals surface area (Å²) in [5.74, 6) is -3.54. The van der Waals surface area contributed by atoms with Gasteiger partial charge in [0.15, 0.2) is 5.71 Å². The molecule has 8 rings (SSSR count). The van der Waals surface area contributed by atoms with E-state index in [-0.39, 0.29) is 80.2 Å². The molecule has 0 aliphatic carbocycles. The maximum atomic E-state index is 13.4. The molecule has 0 aromatic heterocycles. The third kappa shape index (κ3) is 12.5. The first-order valence-electron chi connectivity index (χ1n) is 24.8. The Morgan fingerprint density at radius 2 is 1.19 bits per heavy atom. The largest absolute Gasteiger partial charge is 0.385 e. The number of carbonyl (C=O) groups is 3. The van der Waals surface area contributed by atoms with Crippen LogP contribution in [0.4, 0.5) is 11.4 Å². The number of rotatable bonds is 22. The summed E-state index contributed by atoms with van der Waals surface area (Å²) in [5.41, 5.74) is 2.37. The predicted octanol–water partition coefficient (Wildman–Crippen LogP) is 6.99. The Hall–Kier alpha value is -6.52. The number of nitrogens with zero attached hydrogens (tertiary/aromatic N) is 3. The van der Waals surface area contributed by atoms with Gasteiger partial charge in [-0.2, -0.15) is 38.2 Å². The number of hydrogen-bond donors (Lipinski definition) is 4. The standard InChI is InChI=1S/C54H57N3O18S4/c1-53(25-29-73-3)46(55(27-5-31-76(61,62)63)44-19-13-37-11-17-40(78(67,68)69)33-42(37)50(44)53)21-15-36(35-7-9-39(10-8-35)52(60)75-57-48(58)23-24-49(57)59)16-22-47-54(2,26-30-74-4)51-43-34-41(79(70,71)72)18-12-38(43)14-20-45(51)56(47)28-6-32-77(64,65)66/h7-22,33-34H,5-6,23-32H2,1-4H3,(H3-,61,62,63,64,65,66,67,68,69,70,71,72)/p+1. The van der Waals surface area contributed by atoms with Crippen molar-refractivity contribution in [3.05, 3.63) is 137 Å². The minimum atomic E-state index is -4.68. The molecule has 0 saturated carbocycles. The lowest BCUT2D eigenvalue weighted by Gasteiger charge is -2.30. The molecule has 420 valence electrons. The van der Waals surface area contributed by atoms with Gasteiger partial charge in [0.1, 0.15) is 6.54 Å². The summed E-state index contributed by atoms with van der Waals surface area (Å²) in [4.78, 5) is 44.4. The van der Waals surface area contributed by atoms with Crippen LogP contribution in [0, 0.1) is 0 Å². The van der Waals surface area contributed by atoms with Gasteiger partial charge in [0.2, 0.25) is 5.69 Å². The molecule has 0 spiro atoms. The van der Waals surface area contributed by atoms with E-state index < -0.39 is 80.6 Å². The van der Waals surface area contributed by atoms with Gasteiger partial charge in [0.25, 0.3) is 52.3 Å². The SMILES string of the molecule is COCCC1(C)C(/C=C/C(=C/C=C2/N(CCCS(=O)(=O)O)c3ccc4ccc(S(=O)(=O)O)cc4c3C2(C)CCOC)c2ccc(C(=O)ON3C(=O)CCC3=O)cc2)=[N+](CCCS(=O)(=O)O)c2ccc3ccc(S(=O)(=O)O)cc3c21. The van der Waals surface area contributed by atoms with Gasteiger partial charge in [-0.05, 0) is 132 Å². The normalized spacial score (nSPS) is 19.7. The van der Waals surface area contributed by atoms with Crippen LogP contribution >= 0.6 is 0 Å². The first kappa shape index (κ1) is 58.6. The van der Waals surface area contributed by atoms with Crippen LogP contribution in [0.15, 0.2) is 125 Å². The molecule has 2 amide bonds. The van der Waals surface area contributed by atoms with E-state index in [0.717, 1.165) is 0 Å². The molecule has 1 saturated heterocycles. The van der Waals surface area contributed by atoms with Crippen LogP contribution in [-0.2, 0) is 75.2 Å². The number of carbonyl (C=O) groups excluding carboxylic acids is 3. The van der Waals surface area contributed by atoms with E-state index >= 15 is 0 Å². The lowest BCUT2D eigenvalue weighted by atomic mass is 9.74. The Balaban J connectivity index is 1.37. The maximum absolute atomic E-state index is 13.4. The van der Waals surface area contributed by atoms with E-state index in [0.29, 0.717) is 71.7 Å². The Bertz CT molecular complexity index is 3900. The van der Waals surface area contributed by atoms with E-state index in [2.05, 4.69) is 0 Å². The van der Waals surface area contributed by atoms with Crippen molar-refractivity contribution in [1.82, 2.24) is 5.06 Å². The molecule has 25 heteroatoms. The second-order valence-electron chi connectivity index (χ2n) is 19.8. The summed E-state index contributed by atoms with van der Waals surface area (Å²) < 4.78 is 152. The molecule has 79 heavy (non-hydrogen) atoms. The van der Waals surface area contributed by atoms with Gasteiger partial charge in [0, 0.05) is 87.7 Å². The Morgan fingerprint density at radius 1 is 0.671 bits per heavy atom. The van der Waals surface area contributed by atoms with Gasteiger partial charge in [0.05, 0.1) is 32.3 Å². The van der Waals surface area contributed by atoms with Crippen LogP contribution in [0.25, 0.3) is 27.1 Å². The van der Waals surface area contributed by atoms with Crippen LogP contribution in [0.1, 0.15) is 79.4 Å². The van der Waals surface area contributed by atoms with E-state index in [4.69, 9.17) is 14.3 Å². The van der Waals surface area contributed by atoms with Crippen LogP contribution < -0.4 is 4.90 Å². The molecule has 4 N–H and O–H groups in total. The van der Waals surface area contributed by atoms with Crippen LogP contribution in [0.5, 0.6) is 0 Å². The zero-order valence-electron chi connectivity index (χ0n) is 43.4. The fourth-order valence-corrected chi connectivity index (χ4v) is 12.8. The molecule has 2 atom stereocenters. The molecule has 3 heterocycles. The van der Waals surface area contributed by atoms with Crippen molar-refractivity contribution in [3.63, 3.8) is 0 Å². The minimum absolute atomic E-state index is 0.0219. The molecule has 3 aliphatic heterocycles. The van der Waals surface area contributed by atoms with Gasteiger partial charge in [-0.25, -0.2) is 4.79 Å². The van der Waals surface area contributed by atoms with Crippen molar-refractivity contribution >= 4 is 102 Å². The van der Waals surface area contributed by atoms with Gasteiger partial charge in [-0.3, -0.25) is 27.8 Å². The number of imide groups is 1. The fraction of sp³-hybridized carbons (Fsp3) is 0.333. The smallest absolute Gasteiger partial charge is 0.363 e. The number of anilines is 1. The zero-order chi connectivity index (χ0) is 57.5. The summed E-state index contributed by atoms with van der Waals surface area (Å²) >= 11 is 0. The van der Waals surface area contributed by atoms with E-state index in [1.165, 1.54) is 50.6 Å². The highest BCUT2D eigenvalue weighted by molar-refractivity contribution is 7.86. The second-order valence-corrected chi connectivity index (χ2v) is 25.8. The van der Waals surface area contributed by atoms with Gasteiger partial charge >= 0.3 is 5.97 Å². The molecule has 5 aromatic rings.